The quantitative estimate of drug-likeness (QED) is 0.711. The second-order valence-electron chi connectivity index (χ2n) is 3.74. The van der Waals surface area contributed by atoms with Crippen molar-refractivity contribution in [1.29, 1.82) is 0 Å². The molecule has 0 saturated carbocycles. The van der Waals surface area contributed by atoms with E-state index in [0.29, 0.717) is 6.04 Å². The molecular weight excluding hydrogens is 186 g/mol. The van der Waals surface area contributed by atoms with Crippen LogP contribution in [0.25, 0.3) is 0 Å². The van der Waals surface area contributed by atoms with Gasteiger partial charge in [0.2, 0.25) is 0 Å². The first-order valence-electron chi connectivity index (χ1n) is 5.40. The number of terminal acetylenes is 1. The molecule has 0 aromatic carbocycles. The van der Waals surface area contributed by atoms with Gasteiger partial charge in [-0.15, -0.1) is 12.3 Å². The smallest absolute Gasteiger partial charge is 0.0522 e. The van der Waals surface area contributed by atoms with Gasteiger partial charge in [-0.25, -0.2) is 0 Å². The van der Waals surface area contributed by atoms with Crippen LogP contribution in [0.15, 0.2) is 12.4 Å². The lowest BCUT2D eigenvalue weighted by Gasteiger charge is -2.13. The molecule has 0 radical (unpaired) electrons. The van der Waals surface area contributed by atoms with E-state index in [0.717, 1.165) is 25.8 Å². The van der Waals surface area contributed by atoms with Crippen molar-refractivity contribution >= 4 is 0 Å². The largest absolute Gasteiger partial charge is 0.313 e. The Morgan fingerprint density at radius 2 is 2.47 bits per heavy atom. The Hall–Kier alpha value is -1.27. The van der Waals surface area contributed by atoms with Crippen LogP contribution < -0.4 is 5.32 Å². The zero-order valence-electron chi connectivity index (χ0n) is 9.53. The molecule has 1 atom stereocenters. The van der Waals surface area contributed by atoms with Crippen LogP contribution in [0.4, 0.5) is 0 Å². The van der Waals surface area contributed by atoms with Gasteiger partial charge in [-0.05, 0) is 24.9 Å². The lowest BCUT2D eigenvalue weighted by Crippen LogP contribution is -2.29. The van der Waals surface area contributed by atoms with Gasteiger partial charge in [0, 0.05) is 25.7 Å². The molecule has 0 aliphatic rings. The Bertz CT molecular complexity index is 322. The van der Waals surface area contributed by atoms with E-state index >= 15 is 0 Å². The van der Waals surface area contributed by atoms with Gasteiger partial charge in [0.05, 0.1) is 6.20 Å². The Balaban J connectivity index is 2.23. The summed E-state index contributed by atoms with van der Waals surface area (Å²) in [7, 11) is 1.93. The molecule has 15 heavy (non-hydrogen) atoms. The third kappa shape index (κ3) is 4.18. The SMILES string of the molecule is C#CCC(CC)NCCc1cnn(C)c1. The molecule has 3 nitrogen and oxygen atoms in total. The van der Waals surface area contributed by atoms with Gasteiger partial charge < -0.3 is 5.32 Å². The van der Waals surface area contributed by atoms with Crippen LogP contribution in [0.1, 0.15) is 25.3 Å². The molecule has 1 unspecified atom stereocenters. The number of hydrogen-bond donors (Lipinski definition) is 1. The first kappa shape index (κ1) is 11.8. The van der Waals surface area contributed by atoms with E-state index in [4.69, 9.17) is 6.42 Å². The van der Waals surface area contributed by atoms with Gasteiger partial charge in [0.25, 0.3) is 0 Å². The van der Waals surface area contributed by atoms with Crippen LogP contribution in [0.3, 0.4) is 0 Å². The van der Waals surface area contributed by atoms with Crippen LogP contribution >= 0.6 is 0 Å². The number of hydrogen-bond acceptors (Lipinski definition) is 2. The lowest BCUT2D eigenvalue weighted by molar-refractivity contribution is 0.510. The van der Waals surface area contributed by atoms with Gasteiger partial charge in [0.1, 0.15) is 0 Å². The molecule has 0 amide bonds. The Morgan fingerprint density at radius 3 is 3.00 bits per heavy atom. The minimum absolute atomic E-state index is 0.451. The molecule has 1 aromatic heterocycles. The highest BCUT2D eigenvalue weighted by Gasteiger charge is 2.03. The second-order valence-corrected chi connectivity index (χ2v) is 3.74. The van der Waals surface area contributed by atoms with Crippen molar-refractivity contribution < 1.29 is 0 Å². The zero-order valence-corrected chi connectivity index (χ0v) is 9.53. The van der Waals surface area contributed by atoms with Gasteiger partial charge >= 0.3 is 0 Å². The fourth-order valence-corrected chi connectivity index (χ4v) is 1.52. The fourth-order valence-electron chi connectivity index (χ4n) is 1.52. The van der Waals surface area contributed by atoms with Crippen molar-refractivity contribution in [2.75, 3.05) is 6.54 Å². The van der Waals surface area contributed by atoms with Gasteiger partial charge in [0.15, 0.2) is 0 Å². The molecule has 0 saturated heterocycles. The second kappa shape index (κ2) is 6.26. The molecule has 0 spiro atoms. The van der Waals surface area contributed by atoms with E-state index in [9.17, 15) is 0 Å². The highest BCUT2D eigenvalue weighted by Crippen LogP contribution is 1.99. The summed E-state index contributed by atoms with van der Waals surface area (Å²) in [6.45, 7) is 3.12. The molecule has 1 N–H and O–H groups in total. The number of aromatic nitrogens is 2. The molecule has 0 fully saturated rings. The van der Waals surface area contributed by atoms with E-state index in [2.05, 4.69) is 23.3 Å². The molecule has 0 bridgehead atoms. The summed E-state index contributed by atoms with van der Waals surface area (Å²) in [5.41, 5.74) is 1.26. The monoisotopic (exact) mass is 205 g/mol. The minimum Gasteiger partial charge on any atom is -0.313 e. The van der Waals surface area contributed by atoms with Crippen LogP contribution in [0.5, 0.6) is 0 Å². The van der Waals surface area contributed by atoms with Crippen molar-refractivity contribution in [2.24, 2.45) is 7.05 Å². The van der Waals surface area contributed by atoms with Gasteiger partial charge in [-0.2, -0.15) is 5.10 Å². The number of rotatable bonds is 6. The van der Waals surface area contributed by atoms with Crippen LogP contribution in [0, 0.1) is 12.3 Å². The van der Waals surface area contributed by atoms with Crippen molar-refractivity contribution in [3.63, 3.8) is 0 Å². The van der Waals surface area contributed by atoms with Crippen molar-refractivity contribution in [2.45, 2.75) is 32.2 Å². The fraction of sp³-hybridized carbons (Fsp3) is 0.583. The van der Waals surface area contributed by atoms with Crippen LogP contribution in [-0.2, 0) is 13.5 Å². The van der Waals surface area contributed by atoms with Crippen LogP contribution in [0.2, 0.25) is 0 Å². The Kier molecular flexibility index (Phi) is 4.92. The van der Waals surface area contributed by atoms with Crippen molar-refractivity contribution in [1.82, 2.24) is 15.1 Å². The number of aryl methyl sites for hydroxylation is 1. The Morgan fingerprint density at radius 1 is 1.67 bits per heavy atom. The molecule has 1 aromatic rings. The predicted molar refractivity (Wildman–Crippen MR) is 62.4 cm³/mol. The van der Waals surface area contributed by atoms with Gasteiger partial charge in [-0.3, -0.25) is 4.68 Å². The number of nitrogens with one attached hydrogen (secondary N) is 1. The predicted octanol–water partition coefficient (Wildman–Crippen LogP) is 1.35. The van der Waals surface area contributed by atoms with E-state index in [1.807, 2.05) is 24.1 Å². The topological polar surface area (TPSA) is 29.9 Å². The molecule has 1 rings (SSSR count). The molecular formula is C12H19N3. The molecule has 0 aliphatic heterocycles. The summed E-state index contributed by atoms with van der Waals surface area (Å²) < 4.78 is 1.83. The summed E-state index contributed by atoms with van der Waals surface area (Å²) in [6.07, 6.45) is 12.1. The summed E-state index contributed by atoms with van der Waals surface area (Å²) in [4.78, 5) is 0. The van der Waals surface area contributed by atoms with E-state index in [1.165, 1.54) is 5.56 Å². The van der Waals surface area contributed by atoms with E-state index in [-0.39, 0.29) is 0 Å². The molecule has 1 heterocycles. The Labute approximate surface area is 91.9 Å². The average Bonchev–Trinajstić information content (AvgIpc) is 2.63. The van der Waals surface area contributed by atoms with Gasteiger partial charge in [-0.1, -0.05) is 6.92 Å². The summed E-state index contributed by atoms with van der Waals surface area (Å²) in [5.74, 6) is 2.69. The first-order valence-corrected chi connectivity index (χ1v) is 5.40. The summed E-state index contributed by atoms with van der Waals surface area (Å²) >= 11 is 0. The maximum absolute atomic E-state index is 5.29. The van der Waals surface area contributed by atoms with Crippen molar-refractivity contribution in [3.8, 4) is 12.3 Å². The maximum Gasteiger partial charge on any atom is 0.0522 e. The number of nitrogens with zero attached hydrogens (tertiary/aromatic N) is 2. The van der Waals surface area contributed by atoms with Crippen molar-refractivity contribution in [3.05, 3.63) is 18.0 Å². The molecule has 82 valence electrons. The lowest BCUT2D eigenvalue weighted by atomic mass is 10.1. The standard InChI is InChI=1S/C12H19N3/c1-4-6-12(5-2)13-8-7-11-9-14-15(3)10-11/h1,9-10,12-13H,5-8H2,2-3H3. The normalized spacial score (nSPS) is 12.3. The summed E-state index contributed by atoms with van der Waals surface area (Å²) in [5, 5.41) is 7.58. The van der Waals surface area contributed by atoms with E-state index in [1.54, 1.807) is 0 Å². The third-order valence-corrected chi connectivity index (χ3v) is 2.46. The van der Waals surface area contributed by atoms with E-state index < -0.39 is 0 Å². The highest BCUT2D eigenvalue weighted by molar-refractivity contribution is 5.04. The summed E-state index contributed by atoms with van der Waals surface area (Å²) in [6, 6.07) is 0.451. The first-order chi connectivity index (χ1) is 7.26. The molecule has 0 aliphatic carbocycles. The molecule has 3 heteroatoms. The highest BCUT2D eigenvalue weighted by atomic mass is 15.2. The zero-order chi connectivity index (χ0) is 11.1. The van der Waals surface area contributed by atoms with Crippen LogP contribution in [-0.4, -0.2) is 22.4 Å². The maximum atomic E-state index is 5.29. The minimum atomic E-state index is 0.451. The average molecular weight is 205 g/mol. The third-order valence-electron chi connectivity index (χ3n) is 2.46.